The fraction of sp³-hybridized carbons (Fsp3) is 0.561. The number of rotatable bonds is 5. The smallest absolute Gasteiger partial charge is 0.412 e. The molecule has 0 aliphatic carbocycles. The van der Waals surface area contributed by atoms with Gasteiger partial charge in [-0.05, 0) is 92.0 Å². The third-order valence-corrected chi connectivity index (χ3v) is 13.5. The van der Waals surface area contributed by atoms with Gasteiger partial charge in [0.05, 0.1) is 39.1 Å². The number of thiophene rings is 1. The van der Waals surface area contributed by atoms with Crippen LogP contribution in [-0.2, 0) is 9.47 Å². The predicted molar refractivity (Wildman–Crippen MR) is 220 cm³/mol. The van der Waals surface area contributed by atoms with E-state index in [1.807, 2.05) is 25.7 Å². The van der Waals surface area contributed by atoms with E-state index in [0.717, 1.165) is 25.8 Å². The molecule has 0 spiro atoms. The zero-order valence-electron chi connectivity index (χ0n) is 33.2. The average Bonchev–Trinajstić information content (AvgIpc) is 3.84. The lowest BCUT2D eigenvalue weighted by molar-refractivity contribution is 0.00543. The minimum atomic E-state index is -0.963. The molecule has 310 valence electrons. The van der Waals surface area contributed by atoms with Gasteiger partial charge in [0, 0.05) is 45.7 Å². The van der Waals surface area contributed by atoms with Crippen molar-refractivity contribution in [1.82, 2.24) is 19.8 Å². The summed E-state index contributed by atoms with van der Waals surface area (Å²) in [5.74, 6) is -0.206. The fourth-order valence-corrected chi connectivity index (χ4v) is 11.1. The van der Waals surface area contributed by atoms with E-state index in [2.05, 4.69) is 15.1 Å². The molecule has 58 heavy (non-hydrogen) atoms. The van der Waals surface area contributed by atoms with Crippen molar-refractivity contribution >= 4 is 78.5 Å². The van der Waals surface area contributed by atoms with Gasteiger partial charge in [-0.1, -0.05) is 23.2 Å². The lowest BCUT2D eigenvalue weighted by Gasteiger charge is -2.46. The number of hydrogen-bond donors (Lipinski definition) is 1. The third-order valence-electron chi connectivity index (χ3n) is 11.8. The van der Waals surface area contributed by atoms with E-state index in [1.165, 1.54) is 11.3 Å². The molecule has 0 unspecified atom stereocenters. The molecule has 2 aromatic heterocycles. The highest BCUT2D eigenvalue weighted by Gasteiger charge is 2.53. The van der Waals surface area contributed by atoms with Crippen molar-refractivity contribution in [3.05, 3.63) is 34.1 Å². The Balaban J connectivity index is 1.18. The highest BCUT2D eigenvalue weighted by molar-refractivity contribution is 7.23. The van der Waals surface area contributed by atoms with E-state index in [0.29, 0.717) is 46.8 Å². The van der Waals surface area contributed by atoms with Crippen molar-refractivity contribution in [1.29, 1.82) is 0 Å². The summed E-state index contributed by atoms with van der Waals surface area (Å²) in [5, 5.41) is 4.24. The van der Waals surface area contributed by atoms with Gasteiger partial charge in [-0.2, -0.15) is 9.97 Å². The van der Waals surface area contributed by atoms with Gasteiger partial charge in [0.15, 0.2) is 11.6 Å². The van der Waals surface area contributed by atoms with Gasteiger partial charge in [-0.25, -0.2) is 18.4 Å². The molecule has 4 saturated heterocycles. The van der Waals surface area contributed by atoms with Gasteiger partial charge in [-0.15, -0.1) is 11.3 Å². The lowest BCUT2D eigenvalue weighted by Crippen LogP contribution is -2.63. The Morgan fingerprint density at radius 1 is 1.05 bits per heavy atom. The Hall–Kier alpha value is -3.92. The zero-order chi connectivity index (χ0) is 41.1. The Morgan fingerprint density at radius 2 is 1.83 bits per heavy atom. The van der Waals surface area contributed by atoms with Crippen LogP contribution in [0.4, 0.5) is 29.2 Å². The number of hydrogen-bond acceptors (Lipinski definition) is 11. The molecule has 0 radical (unpaired) electrons. The number of carbonyl (C=O) groups is 2. The predicted octanol–water partition coefficient (Wildman–Crippen LogP) is 9.61. The van der Waals surface area contributed by atoms with Crippen LogP contribution in [0.1, 0.15) is 73.6 Å². The molecule has 12 nitrogen and oxygen atoms in total. The minimum absolute atomic E-state index is 0.0276. The van der Waals surface area contributed by atoms with Gasteiger partial charge >= 0.3 is 18.2 Å². The number of halogens is 4. The molecule has 7 heterocycles. The number of aromatic nitrogens is 2. The lowest BCUT2D eigenvalue weighted by atomic mass is 9.95. The zero-order valence-corrected chi connectivity index (χ0v) is 35.5. The van der Waals surface area contributed by atoms with Gasteiger partial charge in [-0.3, -0.25) is 15.1 Å². The van der Waals surface area contributed by atoms with Crippen molar-refractivity contribution < 1.29 is 37.3 Å². The molecule has 2 aromatic carbocycles. The van der Waals surface area contributed by atoms with Crippen molar-refractivity contribution in [2.45, 2.75) is 115 Å². The average molecular weight is 860 g/mol. The topological polar surface area (TPSA) is 119 Å². The second kappa shape index (κ2) is 14.1. The molecule has 1 N–H and O–H groups in total. The number of benzene rings is 2. The number of amides is 2. The molecule has 9 rings (SSSR count). The Labute approximate surface area is 349 Å². The maximum Gasteiger partial charge on any atom is 0.412 e. The van der Waals surface area contributed by atoms with Gasteiger partial charge in [0.25, 0.3) is 0 Å². The molecule has 0 saturated carbocycles. The van der Waals surface area contributed by atoms with Crippen LogP contribution in [0, 0.1) is 5.82 Å². The summed E-state index contributed by atoms with van der Waals surface area (Å²) in [6.45, 7) is 12.6. The van der Waals surface area contributed by atoms with Gasteiger partial charge in [0.1, 0.15) is 41.9 Å². The number of anilines is 2. The highest BCUT2D eigenvalue weighted by atomic mass is 35.5. The summed E-state index contributed by atoms with van der Waals surface area (Å²) < 4.78 is 57.5. The summed E-state index contributed by atoms with van der Waals surface area (Å²) in [7, 11) is 0. The quantitative estimate of drug-likeness (QED) is 0.208. The van der Waals surface area contributed by atoms with E-state index in [1.54, 1.807) is 39.0 Å². The Bertz CT molecular complexity index is 2350. The van der Waals surface area contributed by atoms with Crippen LogP contribution in [0.3, 0.4) is 0 Å². The normalized spacial score (nSPS) is 25.4. The SMILES string of the molecule is CC(C)(C)OC(=O)Nc1cc2c(-c3c(Cl)c4c5c(nc(OC[C@@]67CCCN6C[C@H](F)C7)nc5c3F)N3C[C@H]5CC[C@@H]([C@H]3CO4)N5C(=O)OC(C)(C)C)c(Cl)ccc2s1. The van der Waals surface area contributed by atoms with Crippen LogP contribution < -0.4 is 19.7 Å². The molecule has 5 aliphatic heterocycles. The second-order valence-electron chi connectivity index (χ2n) is 18.0. The summed E-state index contributed by atoms with van der Waals surface area (Å²) in [4.78, 5) is 42.1. The number of piperazine rings is 1. The molecular weight excluding hydrogens is 813 g/mol. The molecule has 17 heteroatoms. The third kappa shape index (κ3) is 6.83. The van der Waals surface area contributed by atoms with Gasteiger partial charge < -0.3 is 23.8 Å². The number of nitrogens with one attached hydrogen (secondary N) is 1. The van der Waals surface area contributed by atoms with Crippen molar-refractivity contribution in [3.63, 3.8) is 0 Å². The number of nitrogens with zero attached hydrogens (tertiary/aromatic N) is 5. The van der Waals surface area contributed by atoms with E-state index in [4.69, 9.17) is 52.1 Å². The van der Waals surface area contributed by atoms with Crippen LogP contribution >= 0.6 is 34.5 Å². The van der Waals surface area contributed by atoms with Crippen LogP contribution in [0.2, 0.25) is 10.0 Å². The van der Waals surface area contributed by atoms with Crippen molar-refractivity contribution in [2.75, 3.05) is 43.1 Å². The van der Waals surface area contributed by atoms with E-state index in [9.17, 15) is 14.0 Å². The summed E-state index contributed by atoms with van der Waals surface area (Å²) >= 11 is 15.5. The molecule has 2 amide bonds. The number of fused-ring (bicyclic) bond motifs is 7. The van der Waals surface area contributed by atoms with Crippen molar-refractivity contribution in [2.24, 2.45) is 0 Å². The minimum Gasteiger partial charge on any atom is -0.489 e. The van der Waals surface area contributed by atoms with Crippen LogP contribution in [0.25, 0.3) is 32.1 Å². The first-order chi connectivity index (χ1) is 27.4. The van der Waals surface area contributed by atoms with Crippen LogP contribution in [0.5, 0.6) is 11.8 Å². The Morgan fingerprint density at radius 3 is 2.59 bits per heavy atom. The first-order valence-corrected chi connectivity index (χ1v) is 21.3. The van der Waals surface area contributed by atoms with Crippen molar-refractivity contribution in [3.8, 4) is 22.9 Å². The first kappa shape index (κ1) is 39.5. The first-order valence-electron chi connectivity index (χ1n) is 19.8. The monoisotopic (exact) mass is 858 g/mol. The largest absolute Gasteiger partial charge is 0.489 e. The fourth-order valence-electron chi connectivity index (χ4n) is 9.57. The maximum absolute atomic E-state index is 17.7. The molecule has 5 aliphatic rings. The maximum atomic E-state index is 17.7. The summed E-state index contributed by atoms with van der Waals surface area (Å²) in [6.07, 6.45) is 1.48. The number of carbonyl (C=O) groups excluding carboxylic acids is 2. The number of ether oxygens (including phenoxy) is 4. The molecule has 4 fully saturated rings. The van der Waals surface area contributed by atoms with Gasteiger partial charge in [0.2, 0.25) is 0 Å². The highest BCUT2D eigenvalue weighted by Crippen LogP contribution is 2.53. The van der Waals surface area contributed by atoms with E-state index < -0.39 is 47.0 Å². The van der Waals surface area contributed by atoms with E-state index >= 15 is 4.39 Å². The molecule has 2 bridgehead atoms. The molecule has 4 aromatic rings. The number of alkyl halides is 1. The second-order valence-corrected chi connectivity index (χ2v) is 19.9. The summed E-state index contributed by atoms with van der Waals surface area (Å²) in [6, 6.07) is 4.20. The van der Waals surface area contributed by atoms with Crippen LogP contribution in [-0.4, -0.2) is 106 Å². The standard InChI is InChI=1S/C41H46Cl2F2N6O6S/c1-39(2,3)56-37(52)46-27-14-22-26(58-27)11-9-23(42)28(22)29-31(43)34-30-33(32(29)45)47-36(55-19-41-12-7-13-49(41)16-20(44)15-41)48-35(30)50-17-21-8-10-24(25(50)18-54-34)51(21)38(53)57-40(4,5)6/h9,11,14,20-21,24-25H,7-8,10,12-13,15-19H2,1-6H3,(H,46,52)/t20-,21-,24+,25-,41+/m1/s1. The van der Waals surface area contributed by atoms with Crippen LogP contribution in [0.15, 0.2) is 18.2 Å². The Kier molecular flexibility index (Phi) is 9.61. The molecular formula is C41H46Cl2F2N6O6S. The summed E-state index contributed by atoms with van der Waals surface area (Å²) in [5.41, 5.74) is -1.74. The van der Waals surface area contributed by atoms with E-state index in [-0.39, 0.29) is 69.1 Å². The molecule has 5 atom stereocenters.